The Kier molecular flexibility index (Phi) is 14.7. The van der Waals surface area contributed by atoms with Crippen molar-refractivity contribution in [3.05, 3.63) is 59.7 Å². The van der Waals surface area contributed by atoms with Crippen LogP contribution in [0.2, 0.25) is 0 Å². The molecule has 3 fully saturated rings. The molecular formula is C45H57N3O9. The number of amides is 3. The van der Waals surface area contributed by atoms with Gasteiger partial charge in [0.1, 0.15) is 6.61 Å². The first kappa shape index (κ1) is 41.8. The van der Waals surface area contributed by atoms with E-state index in [2.05, 4.69) is 16.0 Å². The van der Waals surface area contributed by atoms with Gasteiger partial charge in [-0.25, -0.2) is 4.79 Å². The van der Waals surface area contributed by atoms with Gasteiger partial charge in [-0.1, -0.05) is 106 Å². The van der Waals surface area contributed by atoms with E-state index in [1.807, 2.05) is 48.5 Å². The van der Waals surface area contributed by atoms with Gasteiger partial charge < -0.3 is 25.8 Å². The zero-order valence-electron chi connectivity index (χ0n) is 32.8. The second-order valence-electron chi connectivity index (χ2n) is 16.5. The number of ether oxygens (including phenoxy) is 1. The second-order valence-corrected chi connectivity index (χ2v) is 16.5. The van der Waals surface area contributed by atoms with Crippen LogP contribution in [0.4, 0.5) is 4.79 Å². The molecule has 0 heterocycles. The van der Waals surface area contributed by atoms with Gasteiger partial charge in [0.2, 0.25) is 11.8 Å². The summed E-state index contributed by atoms with van der Waals surface area (Å²) in [6.07, 6.45) is 9.49. The fourth-order valence-corrected chi connectivity index (χ4v) is 9.52. The molecule has 4 aliphatic carbocycles. The molecule has 12 heteroatoms. The van der Waals surface area contributed by atoms with Gasteiger partial charge in [0.15, 0.2) is 17.3 Å². The number of hydrogen-bond acceptors (Lipinski definition) is 8. The van der Waals surface area contributed by atoms with Gasteiger partial charge in [-0.2, -0.15) is 0 Å². The molecule has 0 saturated heterocycles. The number of alkyl carbamates (subject to hydrolysis) is 1. The predicted molar refractivity (Wildman–Crippen MR) is 212 cm³/mol. The minimum absolute atomic E-state index is 0.0234. The summed E-state index contributed by atoms with van der Waals surface area (Å²) >= 11 is 0. The van der Waals surface area contributed by atoms with Crippen LogP contribution in [0.1, 0.15) is 133 Å². The number of ketones is 3. The summed E-state index contributed by atoms with van der Waals surface area (Å²) < 4.78 is 5.76. The Bertz CT molecular complexity index is 1750. The number of aliphatic carboxylic acids is 1. The van der Waals surface area contributed by atoms with Crippen LogP contribution in [0.15, 0.2) is 48.5 Å². The summed E-state index contributed by atoms with van der Waals surface area (Å²) in [5, 5.41) is 17.6. The van der Waals surface area contributed by atoms with Gasteiger partial charge in [-0.3, -0.25) is 28.8 Å². The number of rotatable bonds is 17. The zero-order valence-corrected chi connectivity index (χ0v) is 32.8. The Labute approximate surface area is 334 Å². The van der Waals surface area contributed by atoms with Crippen LogP contribution in [0.25, 0.3) is 11.1 Å². The van der Waals surface area contributed by atoms with Gasteiger partial charge in [-0.15, -0.1) is 0 Å². The summed E-state index contributed by atoms with van der Waals surface area (Å²) in [5.74, 6) is -4.82. The first-order valence-electron chi connectivity index (χ1n) is 21.1. The van der Waals surface area contributed by atoms with E-state index in [9.17, 15) is 38.7 Å². The zero-order chi connectivity index (χ0) is 40.3. The highest BCUT2D eigenvalue weighted by Gasteiger charge is 2.37. The quantitative estimate of drug-likeness (QED) is 0.138. The lowest BCUT2D eigenvalue weighted by molar-refractivity contribution is -0.141. The molecule has 57 heavy (non-hydrogen) atoms. The Morgan fingerprint density at radius 2 is 0.895 bits per heavy atom. The van der Waals surface area contributed by atoms with E-state index >= 15 is 0 Å². The van der Waals surface area contributed by atoms with Crippen molar-refractivity contribution >= 4 is 41.2 Å². The molecule has 0 bridgehead atoms. The third kappa shape index (κ3) is 11.0. The van der Waals surface area contributed by atoms with E-state index in [4.69, 9.17) is 4.74 Å². The molecule has 2 aromatic rings. The van der Waals surface area contributed by atoms with E-state index in [-0.39, 0.29) is 47.6 Å². The maximum Gasteiger partial charge on any atom is 0.407 e. The van der Waals surface area contributed by atoms with E-state index in [0.717, 1.165) is 80.0 Å². The minimum Gasteiger partial charge on any atom is -0.481 e. The fraction of sp³-hybridized carbons (Fsp3) is 0.578. The molecule has 4 aliphatic rings. The number of hydrogen-bond donors (Lipinski definition) is 4. The van der Waals surface area contributed by atoms with Crippen LogP contribution in [0.3, 0.4) is 0 Å². The number of carboxylic acids is 1. The molecule has 0 unspecified atom stereocenters. The van der Waals surface area contributed by atoms with Crippen molar-refractivity contribution in [2.45, 2.75) is 140 Å². The Morgan fingerprint density at radius 3 is 1.30 bits per heavy atom. The molecule has 3 atom stereocenters. The third-order valence-corrected chi connectivity index (χ3v) is 12.5. The number of fused-ring (bicyclic) bond motifs is 3. The summed E-state index contributed by atoms with van der Waals surface area (Å²) in [7, 11) is 0. The highest BCUT2D eigenvalue weighted by Crippen LogP contribution is 2.44. The number of Topliss-reactive ketones (excluding diaryl/α,β-unsaturated/α-hetero) is 3. The average molecular weight is 784 g/mol. The molecule has 0 radical (unpaired) electrons. The first-order valence-corrected chi connectivity index (χ1v) is 21.1. The summed E-state index contributed by atoms with van der Waals surface area (Å²) in [6.45, 7) is 0.0234. The van der Waals surface area contributed by atoms with Crippen molar-refractivity contribution in [2.24, 2.45) is 17.8 Å². The third-order valence-electron chi connectivity index (χ3n) is 12.5. The van der Waals surface area contributed by atoms with E-state index in [1.165, 1.54) is 0 Å². The van der Waals surface area contributed by atoms with Crippen molar-refractivity contribution in [3.8, 4) is 11.1 Å². The van der Waals surface area contributed by atoms with Crippen LogP contribution in [-0.2, 0) is 33.5 Å². The monoisotopic (exact) mass is 783 g/mol. The molecule has 3 amide bonds. The number of carboxylic acid groups (broad SMARTS) is 1. The van der Waals surface area contributed by atoms with Gasteiger partial charge in [0, 0.05) is 23.7 Å². The number of nitrogens with one attached hydrogen (secondary N) is 3. The molecule has 0 aliphatic heterocycles. The second kappa shape index (κ2) is 20.0. The Hall–Kier alpha value is -4.87. The maximum atomic E-state index is 13.9. The molecule has 4 N–H and O–H groups in total. The molecule has 0 aromatic heterocycles. The lowest BCUT2D eigenvalue weighted by atomic mass is 9.82. The number of carbonyl (C=O) groups is 7. The lowest BCUT2D eigenvalue weighted by Gasteiger charge is -2.28. The minimum atomic E-state index is -1.27. The van der Waals surface area contributed by atoms with Crippen LogP contribution >= 0.6 is 0 Å². The predicted octanol–water partition coefficient (Wildman–Crippen LogP) is 6.57. The standard InChI is InChI=1S/C45H57N3O9/c49-39(47-38(26-41(51)52)44(55)30-18-8-3-9-19-30)24-36(42(53)28-14-4-1-5-15-28)46-40(50)25-37(43(54)29-16-6-2-7-17-29)48-45(56)57-27-35-33-22-12-10-20-31(33)32-21-11-13-23-34(32)35/h10-13,20-23,28-30,35-38H,1-9,14-19,24-27H2,(H,46,50)(H,47,49)(H,48,56)(H,51,52)/t36-,37-,38-/m0/s1. The molecular weight excluding hydrogens is 727 g/mol. The molecule has 3 saturated carbocycles. The van der Waals surface area contributed by atoms with Crippen molar-refractivity contribution in [1.82, 2.24) is 16.0 Å². The fourth-order valence-electron chi connectivity index (χ4n) is 9.52. The van der Waals surface area contributed by atoms with E-state index in [1.54, 1.807) is 0 Å². The highest BCUT2D eigenvalue weighted by molar-refractivity contribution is 5.98. The summed E-state index contributed by atoms with van der Waals surface area (Å²) in [6, 6.07) is 12.2. The van der Waals surface area contributed by atoms with Crippen molar-refractivity contribution in [3.63, 3.8) is 0 Å². The first-order chi connectivity index (χ1) is 27.6. The van der Waals surface area contributed by atoms with Crippen LogP contribution in [-0.4, -0.2) is 71.1 Å². The number of benzene rings is 2. The van der Waals surface area contributed by atoms with Crippen LogP contribution < -0.4 is 16.0 Å². The molecule has 6 rings (SSSR count). The number of carbonyl (C=O) groups excluding carboxylic acids is 6. The van der Waals surface area contributed by atoms with E-state index < -0.39 is 61.3 Å². The molecule has 2 aromatic carbocycles. The lowest BCUT2D eigenvalue weighted by Crippen LogP contribution is -2.52. The Balaban J connectivity index is 1.14. The Morgan fingerprint density at radius 1 is 0.526 bits per heavy atom. The van der Waals surface area contributed by atoms with Crippen molar-refractivity contribution in [2.75, 3.05) is 6.61 Å². The van der Waals surface area contributed by atoms with Gasteiger partial charge >= 0.3 is 12.1 Å². The van der Waals surface area contributed by atoms with Crippen molar-refractivity contribution in [1.29, 1.82) is 0 Å². The largest absolute Gasteiger partial charge is 0.481 e. The van der Waals surface area contributed by atoms with Crippen molar-refractivity contribution < 1.29 is 43.4 Å². The van der Waals surface area contributed by atoms with Gasteiger partial charge in [0.25, 0.3) is 0 Å². The molecule has 306 valence electrons. The summed E-state index contributed by atoms with van der Waals surface area (Å²) in [4.78, 5) is 93.8. The normalized spacial score (nSPS) is 19.2. The van der Waals surface area contributed by atoms with Crippen LogP contribution in [0, 0.1) is 17.8 Å². The van der Waals surface area contributed by atoms with Gasteiger partial charge in [0.05, 0.1) is 37.4 Å². The van der Waals surface area contributed by atoms with E-state index in [0.29, 0.717) is 38.5 Å². The summed E-state index contributed by atoms with van der Waals surface area (Å²) in [5.41, 5.74) is 4.21. The topological polar surface area (TPSA) is 185 Å². The molecule has 0 spiro atoms. The smallest absolute Gasteiger partial charge is 0.407 e. The average Bonchev–Trinajstić information content (AvgIpc) is 3.55. The SMILES string of the molecule is O=C(O)C[C@H](NC(=O)C[C@H](NC(=O)C[C@H](NC(=O)OCC1c2ccccc2-c2ccccc21)C(=O)C1CCCCC1)C(=O)C1CCCCC1)C(=O)C1CCCCC1. The van der Waals surface area contributed by atoms with Crippen LogP contribution in [0.5, 0.6) is 0 Å². The van der Waals surface area contributed by atoms with Gasteiger partial charge in [-0.05, 0) is 60.8 Å². The maximum absolute atomic E-state index is 13.9. The molecule has 12 nitrogen and oxygen atoms in total. The highest BCUT2D eigenvalue weighted by atomic mass is 16.5.